The van der Waals surface area contributed by atoms with Crippen molar-refractivity contribution in [2.24, 2.45) is 5.73 Å². The Morgan fingerprint density at radius 1 is 0.973 bits per heavy atom. The standard InChI is InChI=1S/C23H31N5O8S/c1-37-7-6-16(23(35)36)26-21(33)17(8-12-10-25-15-5-3-2-4-13(12)15)27-22(34)18(11-29)28-20(32)14(24)9-19(30)31/h2-5,10,14,16-18,25,29H,6-9,11,24H2,1H3,(H,26,33)(H,27,34)(H,28,32)(H,30,31)(H,35,36). The number of rotatable bonds is 15. The van der Waals surface area contributed by atoms with Crippen molar-refractivity contribution in [2.45, 2.75) is 43.4 Å². The maximum Gasteiger partial charge on any atom is 0.326 e. The topological polar surface area (TPSA) is 224 Å². The van der Waals surface area contributed by atoms with Crippen molar-refractivity contribution in [1.82, 2.24) is 20.9 Å². The summed E-state index contributed by atoms with van der Waals surface area (Å²) in [6.45, 7) is -0.857. The van der Waals surface area contributed by atoms with E-state index in [0.717, 1.165) is 10.9 Å². The van der Waals surface area contributed by atoms with Crippen LogP contribution in [0.2, 0.25) is 0 Å². The number of nitrogens with two attached hydrogens (primary N) is 1. The zero-order valence-electron chi connectivity index (χ0n) is 20.1. The van der Waals surface area contributed by atoms with E-state index in [9.17, 15) is 34.2 Å². The van der Waals surface area contributed by atoms with Crippen LogP contribution in [0.25, 0.3) is 10.9 Å². The molecule has 0 aliphatic rings. The Morgan fingerprint density at radius 2 is 1.59 bits per heavy atom. The zero-order chi connectivity index (χ0) is 27.5. The second kappa shape index (κ2) is 14.2. The molecule has 9 N–H and O–H groups in total. The molecule has 4 atom stereocenters. The molecule has 1 aromatic heterocycles. The fourth-order valence-electron chi connectivity index (χ4n) is 3.52. The maximum atomic E-state index is 13.1. The minimum Gasteiger partial charge on any atom is -0.481 e. The predicted molar refractivity (Wildman–Crippen MR) is 136 cm³/mol. The number of thioether (sulfide) groups is 1. The molecule has 0 fully saturated rings. The molecule has 202 valence electrons. The van der Waals surface area contributed by atoms with Crippen molar-refractivity contribution >= 4 is 52.3 Å². The van der Waals surface area contributed by atoms with Crippen molar-refractivity contribution in [3.8, 4) is 0 Å². The third kappa shape index (κ3) is 8.77. The van der Waals surface area contributed by atoms with Crippen LogP contribution in [0, 0.1) is 0 Å². The monoisotopic (exact) mass is 537 g/mol. The van der Waals surface area contributed by atoms with Crippen LogP contribution in [0.3, 0.4) is 0 Å². The quantitative estimate of drug-likeness (QED) is 0.135. The van der Waals surface area contributed by atoms with Gasteiger partial charge < -0.3 is 42.0 Å². The Morgan fingerprint density at radius 3 is 2.22 bits per heavy atom. The van der Waals surface area contributed by atoms with Gasteiger partial charge in [-0.2, -0.15) is 11.8 Å². The van der Waals surface area contributed by atoms with Gasteiger partial charge in [-0.25, -0.2) is 4.79 Å². The minimum absolute atomic E-state index is 0.0267. The predicted octanol–water partition coefficient (Wildman–Crippen LogP) is -1.20. The summed E-state index contributed by atoms with van der Waals surface area (Å²) >= 11 is 1.41. The molecular formula is C23H31N5O8S. The van der Waals surface area contributed by atoms with Gasteiger partial charge in [-0.1, -0.05) is 18.2 Å². The summed E-state index contributed by atoms with van der Waals surface area (Å²) in [5.74, 6) is -4.75. The fourth-order valence-corrected chi connectivity index (χ4v) is 3.99. The lowest BCUT2D eigenvalue weighted by Crippen LogP contribution is -2.58. The van der Waals surface area contributed by atoms with Crippen LogP contribution in [0.1, 0.15) is 18.4 Å². The molecule has 4 unspecified atom stereocenters. The molecule has 0 saturated heterocycles. The van der Waals surface area contributed by atoms with Crippen molar-refractivity contribution in [2.75, 3.05) is 18.6 Å². The number of aliphatic hydroxyl groups is 1. The zero-order valence-corrected chi connectivity index (χ0v) is 20.9. The molecule has 2 rings (SSSR count). The Kier molecular flexibility index (Phi) is 11.4. The van der Waals surface area contributed by atoms with Crippen LogP contribution in [0.15, 0.2) is 30.5 Å². The number of carbonyl (C=O) groups excluding carboxylic acids is 3. The van der Waals surface area contributed by atoms with Crippen LogP contribution in [-0.4, -0.2) is 92.7 Å². The second-order valence-electron chi connectivity index (χ2n) is 8.25. The van der Waals surface area contributed by atoms with E-state index in [0.29, 0.717) is 11.3 Å². The maximum absolute atomic E-state index is 13.1. The number of H-pyrrole nitrogens is 1. The summed E-state index contributed by atoms with van der Waals surface area (Å²) in [7, 11) is 0. The van der Waals surface area contributed by atoms with Gasteiger partial charge in [0.15, 0.2) is 0 Å². The van der Waals surface area contributed by atoms with Crippen LogP contribution in [0.4, 0.5) is 0 Å². The third-order valence-corrected chi connectivity index (χ3v) is 6.15. The number of fused-ring (bicyclic) bond motifs is 1. The highest BCUT2D eigenvalue weighted by Crippen LogP contribution is 2.19. The van der Waals surface area contributed by atoms with Gasteiger partial charge in [-0.15, -0.1) is 0 Å². The molecule has 0 radical (unpaired) electrons. The second-order valence-corrected chi connectivity index (χ2v) is 9.24. The minimum atomic E-state index is -1.53. The fraction of sp³-hybridized carbons (Fsp3) is 0.435. The van der Waals surface area contributed by atoms with Crippen molar-refractivity contribution in [3.05, 3.63) is 36.0 Å². The average molecular weight is 538 g/mol. The van der Waals surface area contributed by atoms with E-state index in [1.165, 1.54) is 11.8 Å². The lowest BCUT2D eigenvalue weighted by molar-refractivity contribution is -0.142. The molecule has 2 aromatic rings. The number of para-hydroxylation sites is 1. The molecule has 3 amide bonds. The van der Waals surface area contributed by atoms with E-state index in [2.05, 4.69) is 20.9 Å². The molecule has 14 heteroatoms. The van der Waals surface area contributed by atoms with Crippen LogP contribution in [-0.2, 0) is 30.4 Å². The molecule has 0 spiro atoms. The number of hydrogen-bond donors (Lipinski definition) is 8. The number of benzene rings is 1. The van der Waals surface area contributed by atoms with Crippen LogP contribution in [0.5, 0.6) is 0 Å². The number of aromatic amines is 1. The normalized spacial score (nSPS) is 14.2. The Balaban J connectivity index is 2.24. The SMILES string of the molecule is CSCCC(NC(=O)C(Cc1c[nH]c2ccccc12)NC(=O)C(CO)NC(=O)C(N)CC(=O)O)C(=O)O. The van der Waals surface area contributed by atoms with Gasteiger partial charge in [-0.05, 0) is 30.1 Å². The van der Waals surface area contributed by atoms with Crippen LogP contribution >= 0.6 is 11.8 Å². The van der Waals surface area contributed by atoms with Crippen molar-refractivity contribution < 1.29 is 39.3 Å². The van der Waals surface area contributed by atoms with Gasteiger partial charge in [0.05, 0.1) is 19.1 Å². The van der Waals surface area contributed by atoms with E-state index in [-0.39, 0.29) is 12.8 Å². The number of nitrogens with one attached hydrogen (secondary N) is 4. The van der Waals surface area contributed by atoms with E-state index in [1.807, 2.05) is 18.2 Å². The molecule has 0 aliphatic carbocycles. The first-order chi connectivity index (χ1) is 17.6. The van der Waals surface area contributed by atoms with Gasteiger partial charge in [-0.3, -0.25) is 19.2 Å². The molecule has 0 aliphatic heterocycles. The number of aliphatic carboxylic acids is 2. The molecule has 0 bridgehead atoms. The Labute approximate surface area is 216 Å². The number of carboxylic acid groups (broad SMARTS) is 2. The molecular weight excluding hydrogens is 506 g/mol. The highest BCUT2D eigenvalue weighted by Gasteiger charge is 2.31. The largest absolute Gasteiger partial charge is 0.481 e. The molecule has 37 heavy (non-hydrogen) atoms. The first-order valence-corrected chi connectivity index (χ1v) is 12.7. The highest BCUT2D eigenvalue weighted by atomic mass is 32.2. The lowest BCUT2D eigenvalue weighted by atomic mass is 10.0. The van der Waals surface area contributed by atoms with Gasteiger partial charge in [0, 0.05) is 23.5 Å². The Hall–Kier alpha value is -3.62. The molecule has 13 nitrogen and oxygen atoms in total. The van der Waals surface area contributed by atoms with Gasteiger partial charge in [0.2, 0.25) is 17.7 Å². The summed E-state index contributed by atoms with van der Waals surface area (Å²) in [4.78, 5) is 63.7. The average Bonchev–Trinajstić information content (AvgIpc) is 3.26. The number of hydrogen-bond acceptors (Lipinski definition) is 8. The highest BCUT2D eigenvalue weighted by molar-refractivity contribution is 7.98. The summed E-state index contributed by atoms with van der Waals surface area (Å²) in [5.41, 5.74) is 6.96. The Bertz CT molecular complexity index is 1120. The summed E-state index contributed by atoms with van der Waals surface area (Å²) in [5, 5.41) is 35.8. The lowest BCUT2D eigenvalue weighted by Gasteiger charge is -2.24. The van der Waals surface area contributed by atoms with Crippen molar-refractivity contribution in [1.29, 1.82) is 0 Å². The number of carbonyl (C=O) groups is 5. The van der Waals surface area contributed by atoms with Gasteiger partial charge >= 0.3 is 11.9 Å². The van der Waals surface area contributed by atoms with E-state index in [1.54, 1.807) is 18.5 Å². The number of aliphatic hydroxyl groups excluding tert-OH is 1. The number of amides is 3. The van der Waals surface area contributed by atoms with Crippen LogP contribution < -0.4 is 21.7 Å². The first-order valence-electron chi connectivity index (χ1n) is 11.3. The molecule has 0 saturated carbocycles. The third-order valence-electron chi connectivity index (χ3n) is 5.50. The molecule has 1 heterocycles. The first kappa shape index (κ1) is 29.6. The smallest absolute Gasteiger partial charge is 0.326 e. The van der Waals surface area contributed by atoms with Gasteiger partial charge in [0.1, 0.15) is 18.1 Å². The summed E-state index contributed by atoms with van der Waals surface area (Å²) < 4.78 is 0. The number of aromatic nitrogens is 1. The van der Waals surface area contributed by atoms with Crippen molar-refractivity contribution in [3.63, 3.8) is 0 Å². The summed E-state index contributed by atoms with van der Waals surface area (Å²) in [6.07, 6.45) is 2.90. The summed E-state index contributed by atoms with van der Waals surface area (Å²) in [6, 6.07) is 1.82. The van der Waals surface area contributed by atoms with E-state index in [4.69, 9.17) is 10.8 Å². The van der Waals surface area contributed by atoms with E-state index < -0.39 is 66.9 Å². The van der Waals surface area contributed by atoms with Gasteiger partial charge in [0.25, 0.3) is 0 Å². The molecule has 1 aromatic carbocycles. The number of carboxylic acids is 2. The van der Waals surface area contributed by atoms with E-state index >= 15 is 0 Å².